The summed E-state index contributed by atoms with van der Waals surface area (Å²) in [5.74, 6) is -1.09. The number of carbonyl (C=O) groups is 2. The minimum atomic E-state index is -1.09. The number of anilines is 2. The van der Waals surface area contributed by atoms with E-state index in [4.69, 9.17) is 0 Å². The molecule has 3 heterocycles. The number of carboxylic acids is 1. The first-order valence-electron chi connectivity index (χ1n) is 8.24. The van der Waals surface area contributed by atoms with Crippen LogP contribution in [0.25, 0.3) is 0 Å². The second kappa shape index (κ2) is 6.73. The van der Waals surface area contributed by atoms with Crippen LogP contribution in [-0.2, 0) is 4.79 Å². The highest BCUT2D eigenvalue weighted by Crippen LogP contribution is 2.34. The van der Waals surface area contributed by atoms with E-state index >= 15 is 0 Å². The third-order valence-electron chi connectivity index (χ3n) is 4.26. The lowest BCUT2D eigenvalue weighted by Crippen LogP contribution is -2.25. The number of fused-ring (bicyclic) bond motifs is 1. The molecule has 1 atom stereocenters. The van der Waals surface area contributed by atoms with Crippen LogP contribution >= 0.6 is 11.3 Å². The quantitative estimate of drug-likeness (QED) is 0.644. The van der Waals surface area contributed by atoms with E-state index in [1.807, 2.05) is 48.7 Å². The van der Waals surface area contributed by atoms with Gasteiger partial charge < -0.3 is 15.7 Å². The number of rotatable bonds is 4. The number of carboxylic acid groups (broad SMARTS) is 1. The Kier molecular flexibility index (Phi) is 4.25. The lowest BCUT2D eigenvalue weighted by molar-refractivity contribution is -0.132. The van der Waals surface area contributed by atoms with Crippen molar-refractivity contribution in [3.63, 3.8) is 0 Å². The summed E-state index contributed by atoms with van der Waals surface area (Å²) in [5, 5.41) is 21.3. The number of carbonyl (C=O) groups excluding carboxylic acids is 1. The lowest BCUT2D eigenvalue weighted by Gasteiger charge is -2.23. The first-order chi connectivity index (χ1) is 13.0. The van der Waals surface area contributed by atoms with Crippen LogP contribution in [0.3, 0.4) is 0 Å². The van der Waals surface area contributed by atoms with Gasteiger partial charge in [0.05, 0.1) is 6.20 Å². The number of hydrogen-bond acceptors (Lipinski definition) is 5. The van der Waals surface area contributed by atoms with Gasteiger partial charge in [-0.1, -0.05) is 23.8 Å². The Morgan fingerprint density at radius 1 is 1.26 bits per heavy atom. The van der Waals surface area contributed by atoms with Crippen molar-refractivity contribution in [2.45, 2.75) is 13.0 Å². The number of hydrogen-bond donors (Lipinski definition) is 3. The number of benzene rings is 1. The van der Waals surface area contributed by atoms with E-state index in [2.05, 4.69) is 15.7 Å². The molecule has 0 saturated heterocycles. The molecule has 8 heteroatoms. The molecule has 3 aromatic rings. The maximum atomic E-state index is 12.7. The number of aliphatic carboxylic acids is 1. The Morgan fingerprint density at radius 2 is 2.04 bits per heavy atom. The summed E-state index contributed by atoms with van der Waals surface area (Å²) in [4.78, 5) is 25.2. The number of thiophene rings is 1. The maximum Gasteiger partial charge on any atom is 0.352 e. The molecule has 7 nitrogen and oxygen atoms in total. The molecular weight excluding hydrogens is 364 g/mol. The Labute approximate surface area is 159 Å². The van der Waals surface area contributed by atoms with Crippen molar-refractivity contribution >= 4 is 34.7 Å². The van der Waals surface area contributed by atoms with Crippen molar-refractivity contribution in [3.05, 3.63) is 75.8 Å². The highest BCUT2D eigenvalue weighted by Gasteiger charge is 2.29. The van der Waals surface area contributed by atoms with Gasteiger partial charge in [0, 0.05) is 10.6 Å². The highest BCUT2D eigenvalue weighted by molar-refractivity contribution is 7.10. The van der Waals surface area contributed by atoms with Crippen LogP contribution in [0.15, 0.2) is 59.7 Å². The van der Waals surface area contributed by atoms with E-state index < -0.39 is 5.97 Å². The van der Waals surface area contributed by atoms with Crippen LogP contribution in [0.2, 0.25) is 0 Å². The van der Waals surface area contributed by atoms with Crippen molar-refractivity contribution in [1.29, 1.82) is 0 Å². The van der Waals surface area contributed by atoms with Crippen molar-refractivity contribution in [3.8, 4) is 0 Å². The molecule has 0 fully saturated rings. The van der Waals surface area contributed by atoms with Gasteiger partial charge in [0.15, 0.2) is 0 Å². The smallest absolute Gasteiger partial charge is 0.352 e. The van der Waals surface area contributed by atoms with E-state index in [9.17, 15) is 14.7 Å². The van der Waals surface area contributed by atoms with Gasteiger partial charge >= 0.3 is 5.97 Å². The van der Waals surface area contributed by atoms with E-state index in [-0.39, 0.29) is 23.2 Å². The number of aryl methyl sites for hydroxylation is 1. The SMILES string of the molecule is Cc1ccc(NC(=O)c2cnn3c2NC(C(=O)O)=CC3c2cccs2)cc1. The van der Waals surface area contributed by atoms with Gasteiger partial charge in [0.25, 0.3) is 5.91 Å². The average Bonchev–Trinajstić information content (AvgIpc) is 3.32. The monoisotopic (exact) mass is 380 g/mol. The van der Waals surface area contributed by atoms with E-state index in [1.165, 1.54) is 17.5 Å². The Hall–Kier alpha value is -3.39. The molecule has 0 aliphatic carbocycles. The fraction of sp³-hybridized carbons (Fsp3) is 0.105. The van der Waals surface area contributed by atoms with Gasteiger partial charge in [-0.25, -0.2) is 9.48 Å². The van der Waals surface area contributed by atoms with Gasteiger partial charge in [-0.15, -0.1) is 11.3 Å². The number of allylic oxidation sites excluding steroid dienone is 1. The molecule has 1 aromatic carbocycles. The van der Waals surface area contributed by atoms with Crippen LogP contribution in [-0.4, -0.2) is 26.8 Å². The maximum absolute atomic E-state index is 12.7. The fourth-order valence-electron chi connectivity index (χ4n) is 2.88. The minimum absolute atomic E-state index is 0.0192. The minimum Gasteiger partial charge on any atom is -0.477 e. The molecule has 0 bridgehead atoms. The van der Waals surface area contributed by atoms with Crippen LogP contribution in [0.1, 0.15) is 26.8 Å². The second-order valence-corrected chi connectivity index (χ2v) is 7.12. The standard InChI is InChI=1S/C19H16N4O3S/c1-11-4-6-12(7-5-11)21-18(24)13-10-20-23-15(16-3-2-8-27-16)9-14(19(25)26)22-17(13)23/h2-10,15,22H,1H3,(H,21,24)(H,25,26). The molecule has 0 spiro atoms. The van der Waals surface area contributed by atoms with Crippen molar-refractivity contribution in [2.75, 3.05) is 10.6 Å². The van der Waals surface area contributed by atoms with E-state index in [0.717, 1.165) is 10.4 Å². The molecule has 136 valence electrons. The van der Waals surface area contributed by atoms with Crippen LogP contribution in [0.5, 0.6) is 0 Å². The van der Waals surface area contributed by atoms with Gasteiger partial charge in [-0.05, 0) is 36.6 Å². The third-order valence-corrected chi connectivity index (χ3v) is 5.20. The predicted molar refractivity (Wildman–Crippen MR) is 103 cm³/mol. The zero-order chi connectivity index (χ0) is 19.0. The van der Waals surface area contributed by atoms with Gasteiger partial charge in [-0.2, -0.15) is 5.10 Å². The summed E-state index contributed by atoms with van der Waals surface area (Å²) in [6.07, 6.45) is 3.04. The third kappa shape index (κ3) is 3.22. The summed E-state index contributed by atoms with van der Waals surface area (Å²) < 4.78 is 1.63. The van der Waals surface area contributed by atoms with Gasteiger partial charge in [0.2, 0.25) is 0 Å². The predicted octanol–water partition coefficient (Wildman–Crippen LogP) is 3.49. The Morgan fingerprint density at radius 3 is 2.70 bits per heavy atom. The van der Waals surface area contributed by atoms with Crippen LogP contribution < -0.4 is 10.6 Å². The second-order valence-electron chi connectivity index (χ2n) is 6.14. The molecular formula is C19H16N4O3S. The first kappa shape index (κ1) is 17.0. The normalized spacial score (nSPS) is 15.4. The molecule has 27 heavy (non-hydrogen) atoms. The largest absolute Gasteiger partial charge is 0.477 e. The molecule has 0 radical (unpaired) electrons. The highest BCUT2D eigenvalue weighted by atomic mass is 32.1. The summed E-state index contributed by atoms with van der Waals surface area (Å²) in [6, 6.07) is 10.9. The Balaban J connectivity index is 1.69. The molecule has 1 unspecified atom stereocenters. The summed E-state index contributed by atoms with van der Waals surface area (Å²) in [6.45, 7) is 1.97. The van der Waals surface area contributed by atoms with Gasteiger partial charge in [-0.3, -0.25) is 4.79 Å². The molecule has 1 amide bonds. The Bertz CT molecular complexity index is 1040. The van der Waals surface area contributed by atoms with E-state index in [0.29, 0.717) is 11.5 Å². The molecule has 4 rings (SSSR count). The van der Waals surface area contributed by atoms with Crippen LogP contribution in [0, 0.1) is 6.92 Å². The van der Waals surface area contributed by atoms with Crippen LogP contribution in [0.4, 0.5) is 11.5 Å². The summed E-state index contributed by atoms with van der Waals surface area (Å²) in [7, 11) is 0. The van der Waals surface area contributed by atoms with Crippen molar-refractivity contribution in [2.24, 2.45) is 0 Å². The van der Waals surface area contributed by atoms with Crippen molar-refractivity contribution < 1.29 is 14.7 Å². The number of nitrogens with one attached hydrogen (secondary N) is 2. The number of amides is 1. The molecule has 3 N–H and O–H groups in total. The fourth-order valence-corrected chi connectivity index (χ4v) is 3.66. The topological polar surface area (TPSA) is 96.3 Å². The summed E-state index contributed by atoms with van der Waals surface area (Å²) in [5.41, 5.74) is 2.05. The molecule has 1 aliphatic rings. The van der Waals surface area contributed by atoms with Gasteiger partial charge in [0.1, 0.15) is 23.1 Å². The molecule has 1 aliphatic heterocycles. The van der Waals surface area contributed by atoms with Crippen molar-refractivity contribution in [1.82, 2.24) is 9.78 Å². The first-order valence-corrected chi connectivity index (χ1v) is 9.12. The lowest BCUT2D eigenvalue weighted by atomic mass is 10.1. The molecule has 0 saturated carbocycles. The zero-order valence-corrected chi connectivity index (χ0v) is 15.2. The number of aromatic nitrogens is 2. The van der Waals surface area contributed by atoms with E-state index in [1.54, 1.807) is 10.8 Å². The number of nitrogens with zero attached hydrogens (tertiary/aromatic N) is 2. The summed E-state index contributed by atoms with van der Waals surface area (Å²) >= 11 is 1.50. The average molecular weight is 380 g/mol. The molecule has 2 aromatic heterocycles. The zero-order valence-electron chi connectivity index (χ0n) is 14.3.